The Balaban J connectivity index is 2.56. The predicted octanol–water partition coefficient (Wildman–Crippen LogP) is 3.99. The molecule has 11 heavy (non-hydrogen) atoms. The van der Waals surface area contributed by atoms with Crippen LogP contribution in [0.2, 0.25) is 5.02 Å². The molecule has 62 valence electrons. The van der Waals surface area contributed by atoms with E-state index in [4.69, 9.17) is 11.6 Å². The molecule has 0 nitrogen and oxygen atoms in total. The summed E-state index contributed by atoms with van der Waals surface area (Å²) in [7, 11) is 0. The molecule has 2 heteroatoms. The van der Waals surface area contributed by atoms with Gasteiger partial charge in [0.1, 0.15) is 0 Å². The van der Waals surface area contributed by atoms with E-state index in [0.29, 0.717) is 0 Å². The quantitative estimate of drug-likeness (QED) is 0.673. The van der Waals surface area contributed by atoms with Crippen LogP contribution in [0.3, 0.4) is 0 Å². The van der Waals surface area contributed by atoms with Crippen LogP contribution in [0.25, 0.3) is 0 Å². The van der Waals surface area contributed by atoms with Crippen molar-refractivity contribution in [3.8, 4) is 0 Å². The smallest absolute Gasteiger partial charge is 0.0545 e. The predicted molar refractivity (Wildman–Crippen MR) is 52.5 cm³/mol. The maximum absolute atomic E-state index is 5.95. The molecule has 1 atom stereocenters. The van der Waals surface area contributed by atoms with E-state index in [1.165, 1.54) is 11.3 Å². The van der Waals surface area contributed by atoms with Gasteiger partial charge in [0, 0.05) is 4.88 Å². The zero-order valence-corrected chi connectivity index (χ0v) is 8.50. The second kappa shape index (κ2) is 4.13. The zero-order valence-electron chi connectivity index (χ0n) is 6.93. The third kappa shape index (κ3) is 2.49. The summed E-state index contributed by atoms with van der Waals surface area (Å²) in [5, 5.41) is 3.00. The normalized spacial score (nSPS) is 13.4. The first-order valence-electron chi connectivity index (χ1n) is 3.96. The van der Waals surface area contributed by atoms with Crippen LogP contribution in [0.15, 0.2) is 11.4 Å². The van der Waals surface area contributed by atoms with Gasteiger partial charge in [-0.1, -0.05) is 31.9 Å². The minimum absolute atomic E-state index is 0.756. The maximum Gasteiger partial charge on any atom is 0.0545 e. The molecule has 0 saturated heterocycles. The monoisotopic (exact) mass is 188 g/mol. The Bertz CT molecular complexity index is 217. The van der Waals surface area contributed by atoms with Crippen LogP contribution in [0, 0.1) is 5.92 Å². The van der Waals surface area contributed by atoms with Gasteiger partial charge in [-0.25, -0.2) is 0 Å². The topological polar surface area (TPSA) is 0 Å². The van der Waals surface area contributed by atoms with E-state index in [9.17, 15) is 0 Å². The third-order valence-electron chi connectivity index (χ3n) is 1.92. The van der Waals surface area contributed by atoms with E-state index in [1.54, 1.807) is 11.3 Å². The molecule has 1 aromatic rings. The fraction of sp³-hybridized carbons (Fsp3) is 0.556. The molecule has 0 amide bonds. The van der Waals surface area contributed by atoms with E-state index in [1.807, 2.05) is 6.07 Å². The summed E-state index contributed by atoms with van der Waals surface area (Å²) in [4.78, 5) is 1.33. The Morgan fingerprint density at radius 1 is 1.64 bits per heavy atom. The Labute approximate surface area is 77.2 Å². The van der Waals surface area contributed by atoms with Crippen molar-refractivity contribution in [2.75, 3.05) is 0 Å². The molecular weight excluding hydrogens is 176 g/mol. The molecular formula is C9H13ClS. The van der Waals surface area contributed by atoms with Crippen molar-refractivity contribution in [2.24, 2.45) is 5.92 Å². The van der Waals surface area contributed by atoms with Crippen molar-refractivity contribution in [1.82, 2.24) is 0 Å². The van der Waals surface area contributed by atoms with Crippen LogP contribution in [0.5, 0.6) is 0 Å². The highest BCUT2D eigenvalue weighted by Gasteiger charge is 2.05. The van der Waals surface area contributed by atoms with Gasteiger partial charge in [0.25, 0.3) is 0 Å². The second-order valence-electron chi connectivity index (χ2n) is 2.91. The SMILES string of the molecule is CC[C@@H](C)Cc1sccc1Cl. The van der Waals surface area contributed by atoms with Crippen LogP contribution >= 0.6 is 22.9 Å². The summed E-state index contributed by atoms with van der Waals surface area (Å²) < 4.78 is 0. The first-order valence-corrected chi connectivity index (χ1v) is 5.21. The van der Waals surface area contributed by atoms with E-state index in [2.05, 4.69) is 19.2 Å². The van der Waals surface area contributed by atoms with E-state index in [0.717, 1.165) is 17.4 Å². The maximum atomic E-state index is 5.95. The highest BCUT2D eigenvalue weighted by Crippen LogP contribution is 2.25. The molecule has 0 unspecified atom stereocenters. The summed E-state index contributed by atoms with van der Waals surface area (Å²) in [6.07, 6.45) is 2.36. The van der Waals surface area contributed by atoms with E-state index in [-0.39, 0.29) is 0 Å². The van der Waals surface area contributed by atoms with Crippen LogP contribution in [0.4, 0.5) is 0 Å². The van der Waals surface area contributed by atoms with Crippen LogP contribution in [0.1, 0.15) is 25.1 Å². The van der Waals surface area contributed by atoms with Gasteiger partial charge in [0.2, 0.25) is 0 Å². The molecule has 0 spiro atoms. The van der Waals surface area contributed by atoms with Crippen LogP contribution in [-0.2, 0) is 6.42 Å². The first-order chi connectivity index (χ1) is 5.24. The third-order valence-corrected chi connectivity index (χ3v) is 3.33. The fourth-order valence-electron chi connectivity index (χ4n) is 0.932. The largest absolute Gasteiger partial charge is 0.147 e. The van der Waals surface area contributed by atoms with Gasteiger partial charge in [-0.05, 0) is 23.8 Å². The lowest BCUT2D eigenvalue weighted by atomic mass is 10.0. The standard InChI is InChI=1S/C9H13ClS/c1-3-7(2)6-9-8(10)4-5-11-9/h4-5,7H,3,6H2,1-2H3/t7-/m1/s1. The van der Waals surface area contributed by atoms with Crippen molar-refractivity contribution < 1.29 is 0 Å². The van der Waals surface area contributed by atoms with Gasteiger partial charge in [0.15, 0.2) is 0 Å². The average Bonchev–Trinajstić information content (AvgIpc) is 2.37. The number of rotatable bonds is 3. The number of hydrogen-bond acceptors (Lipinski definition) is 1. The lowest BCUT2D eigenvalue weighted by Crippen LogP contribution is -1.95. The van der Waals surface area contributed by atoms with Gasteiger partial charge < -0.3 is 0 Å². The van der Waals surface area contributed by atoms with Gasteiger partial charge in [-0.15, -0.1) is 11.3 Å². The van der Waals surface area contributed by atoms with Crippen LogP contribution in [-0.4, -0.2) is 0 Å². The molecule has 1 rings (SSSR count). The Kier molecular flexibility index (Phi) is 3.41. The van der Waals surface area contributed by atoms with Crippen molar-refractivity contribution in [3.05, 3.63) is 21.3 Å². The lowest BCUT2D eigenvalue weighted by Gasteiger charge is -2.05. The number of thiophene rings is 1. The molecule has 0 aromatic carbocycles. The van der Waals surface area contributed by atoms with Crippen molar-refractivity contribution in [2.45, 2.75) is 26.7 Å². The average molecular weight is 189 g/mol. The Morgan fingerprint density at radius 3 is 2.82 bits per heavy atom. The van der Waals surface area contributed by atoms with E-state index >= 15 is 0 Å². The highest BCUT2D eigenvalue weighted by atomic mass is 35.5. The summed E-state index contributed by atoms with van der Waals surface area (Å²) in [6, 6.07) is 1.98. The molecule has 0 radical (unpaired) electrons. The van der Waals surface area contributed by atoms with Crippen LogP contribution < -0.4 is 0 Å². The molecule has 0 bridgehead atoms. The van der Waals surface area contributed by atoms with Crippen molar-refractivity contribution >= 4 is 22.9 Å². The zero-order chi connectivity index (χ0) is 8.27. The number of halogens is 1. The second-order valence-corrected chi connectivity index (χ2v) is 4.32. The summed E-state index contributed by atoms with van der Waals surface area (Å²) >= 11 is 7.71. The van der Waals surface area contributed by atoms with Gasteiger partial charge >= 0.3 is 0 Å². The van der Waals surface area contributed by atoms with Gasteiger partial charge in [-0.2, -0.15) is 0 Å². The van der Waals surface area contributed by atoms with Crippen molar-refractivity contribution in [1.29, 1.82) is 0 Å². The van der Waals surface area contributed by atoms with Gasteiger partial charge in [-0.3, -0.25) is 0 Å². The molecule has 1 aromatic heterocycles. The molecule has 0 saturated carbocycles. The summed E-state index contributed by atoms with van der Waals surface area (Å²) in [5.41, 5.74) is 0. The molecule has 0 fully saturated rings. The highest BCUT2D eigenvalue weighted by molar-refractivity contribution is 7.10. The molecule has 1 heterocycles. The lowest BCUT2D eigenvalue weighted by molar-refractivity contribution is 0.565. The Morgan fingerprint density at radius 2 is 2.36 bits per heavy atom. The summed E-state index contributed by atoms with van der Waals surface area (Å²) in [6.45, 7) is 4.47. The minimum atomic E-state index is 0.756. The van der Waals surface area contributed by atoms with E-state index < -0.39 is 0 Å². The Hall–Kier alpha value is -0.0100. The summed E-state index contributed by atoms with van der Waals surface area (Å²) in [5.74, 6) is 0.756. The van der Waals surface area contributed by atoms with Crippen molar-refractivity contribution in [3.63, 3.8) is 0 Å². The molecule has 0 aliphatic carbocycles. The molecule has 0 aliphatic heterocycles. The van der Waals surface area contributed by atoms with Gasteiger partial charge in [0.05, 0.1) is 5.02 Å². The molecule has 0 N–H and O–H groups in total. The molecule has 0 aliphatic rings. The minimum Gasteiger partial charge on any atom is -0.147 e. The fourth-order valence-corrected chi connectivity index (χ4v) is 2.21. The number of hydrogen-bond donors (Lipinski definition) is 0. The first kappa shape index (κ1) is 9.08.